The van der Waals surface area contributed by atoms with Crippen LogP contribution in [0.1, 0.15) is 31.5 Å². The van der Waals surface area contributed by atoms with E-state index >= 15 is 0 Å². The molecule has 0 bridgehead atoms. The monoisotopic (exact) mass is 358 g/mol. The van der Waals surface area contributed by atoms with Gasteiger partial charge in [-0.05, 0) is 43.5 Å². The number of nitrogens with zero attached hydrogens (tertiary/aromatic N) is 2. The van der Waals surface area contributed by atoms with Gasteiger partial charge in [0.1, 0.15) is 11.6 Å². The highest BCUT2D eigenvalue weighted by Gasteiger charge is 2.30. The largest absolute Gasteiger partial charge is 0.497 e. The highest BCUT2D eigenvalue weighted by Crippen LogP contribution is 2.29. The smallest absolute Gasteiger partial charge is 0.306 e. The number of carbonyl (C=O) groups excluding carboxylic acids is 1. The van der Waals surface area contributed by atoms with Gasteiger partial charge in [-0.1, -0.05) is 6.42 Å². The molecule has 0 radical (unpaired) electrons. The lowest BCUT2D eigenvalue weighted by Crippen LogP contribution is -2.35. The van der Waals surface area contributed by atoms with Crippen molar-refractivity contribution in [3.8, 4) is 17.1 Å². The number of amides is 1. The van der Waals surface area contributed by atoms with Crippen molar-refractivity contribution < 1.29 is 19.4 Å². The highest BCUT2D eigenvalue weighted by atomic mass is 16.5. The van der Waals surface area contributed by atoms with Crippen LogP contribution in [0.3, 0.4) is 0 Å². The molecular formula is C18H22N4O4. The number of aliphatic carboxylic acids is 1. The number of nitrogens with one attached hydrogen (secondary N) is 2. The van der Waals surface area contributed by atoms with Gasteiger partial charge < -0.3 is 15.2 Å². The molecule has 3 N–H and O–H groups in total. The molecule has 26 heavy (non-hydrogen) atoms. The predicted octanol–water partition coefficient (Wildman–Crippen LogP) is 1.99. The number of benzene rings is 1. The summed E-state index contributed by atoms with van der Waals surface area (Å²) in [6, 6.07) is 7.38. The number of methoxy groups -OCH3 is 1. The first kappa shape index (κ1) is 17.9. The molecule has 0 spiro atoms. The van der Waals surface area contributed by atoms with Gasteiger partial charge in [-0.2, -0.15) is 5.10 Å². The fourth-order valence-corrected chi connectivity index (χ4v) is 3.21. The van der Waals surface area contributed by atoms with Crippen LogP contribution in [0.25, 0.3) is 11.4 Å². The first-order valence-corrected chi connectivity index (χ1v) is 8.63. The summed E-state index contributed by atoms with van der Waals surface area (Å²) < 4.78 is 5.12. The number of carboxylic acids is 1. The van der Waals surface area contributed by atoms with Crippen molar-refractivity contribution in [3.05, 3.63) is 30.1 Å². The van der Waals surface area contributed by atoms with Gasteiger partial charge in [-0.3, -0.25) is 14.7 Å². The summed E-state index contributed by atoms with van der Waals surface area (Å²) in [5.41, 5.74) is 0.844. The molecule has 2 unspecified atom stereocenters. The maximum absolute atomic E-state index is 12.3. The molecule has 1 aliphatic rings. The van der Waals surface area contributed by atoms with Crippen LogP contribution in [0.4, 0.5) is 0 Å². The number of carboxylic acid groups (broad SMARTS) is 1. The molecule has 1 aromatic heterocycles. The minimum atomic E-state index is -0.818. The second kappa shape index (κ2) is 7.99. The number of rotatable bonds is 6. The van der Waals surface area contributed by atoms with E-state index in [0.29, 0.717) is 24.5 Å². The van der Waals surface area contributed by atoms with E-state index < -0.39 is 11.9 Å². The second-order valence-corrected chi connectivity index (χ2v) is 6.45. The van der Waals surface area contributed by atoms with Crippen molar-refractivity contribution in [2.24, 2.45) is 11.8 Å². The van der Waals surface area contributed by atoms with Crippen LogP contribution in [0.5, 0.6) is 5.75 Å². The Morgan fingerprint density at radius 2 is 2.00 bits per heavy atom. The number of carbonyl (C=O) groups is 2. The summed E-state index contributed by atoms with van der Waals surface area (Å²) >= 11 is 0. The third-order valence-electron chi connectivity index (χ3n) is 4.70. The molecule has 1 fully saturated rings. The topological polar surface area (TPSA) is 117 Å². The minimum absolute atomic E-state index is 0.127. The molecule has 1 saturated carbocycles. The van der Waals surface area contributed by atoms with Gasteiger partial charge in [0.05, 0.1) is 19.6 Å². The lowest BCUT2D eigenvalue weighted by atomic mass is 9.81. The quantitative estimate of drug-likeness (QED) is 0.727. The summed E-state index contributed by atoms with van der Waals surface area (Å²) in [4.78, 5) is 27.8. The zero-order chi connectivity index (χ0) is 18.5. The van der Waals surface area contributed by atoms with Gasteiger partial charge in [0.15, 0.2) is 5.82 Å². The van der Waals surface area contributed by atoms with Crippen molar-refractivity contribution in [1.82, 2.24) is 20.5 Å². The lowest BCUT2D eigenvalue weighted by molar-refractivity contribution is -0.144. The van der Waals surface area contributed by atoms with Crippen LogP contribution >= 0.6 is 0 Å². The number of hydrogen-bond acceptors (Lipinski definition) is 5. The molecule has 8 heteroatoms. The van der Waals surface area contributed by atoms with E-state index in [1.54, 1.807) is 7.11 Å². The molecule has 1 aromatic carbocycles. The Labute approximate surface area is 151 Å². The van der Waals surface area contributed by atoms with E-state index in [1.807, 2.05) is 24.3 Å². The molecule has 138 valence electrons. The summed E-state index contributed by atoms with van der Waals surface area (Å²) in [6.07, 6.45) is 2.53. The average molecular weight is 358 g/mol. The van der Waals surface area contributed by atoms with Crippen LogP contribution in [-0.2, 0) is 16.1 Å². The minimum Gasteiger partial charge on any atom is -0.497 e. The maximum Gasteiger partial charge on any atom is 0.306 e. The van der Waals surface area contributed by atoms with E-state index in [9.17, 15) is 9.59 Å². The molecular weight excluding hydrogens is 336 g/mol. The summed E-state index contributed by atoms with van der Waals surface area (Å²) in [7, 11) is 1.60. The fraction of sp³-hybridized carbons (Fsp3) is 0.444. The Bertz CT molecular complexity index is 772. The zero-order valence-electron chi connectivity index (χ0n) is 14.6. The van der Waals surface area contributed by atoms with Crippen molar-refractivity contribution >= 4 is 11.9 Å². The Kier molecular flexibility index (Phi) is 5.50. The Balaban J connectivity index is 1.55. The molecule has 1 amide bonds. The van der Waals surface area contributed by atoms with E-state index in [4.69, 9.17) is 9.84 Å². The molecule has 1 aliphatic carbocycles. The van der Waals surface area contributed by atoms with Crippen molar-refractivity contribution in [3.63, 3.8) is 0 Å². The Morgan fingerprint density at radius 1 is 1.27 bits per heavy atom. The van der Waals surface area contributed by atoms with Gasteiger partial charge >= 0.3 is 5.97 Å². The van der Waals surface area contributed by atoms with Crippen LogP contribution in [-0.4, -0.2) is 39.3 Å². The van der Waals surface area contributed by atoms with E-state index in [1.165, 1.54) is 0 Å². The van der Waals surface area contributed by atoms with Crippen LogP contribution in [0.2, 0.25) is 0 Å². The number of H-pyrrole nitrogens is 1. The van der Waals surface area contributed by atoms with Gasteiger partial charge in [-0.25, -0.2) is 4.98 Å². The van der Waals surface area contributed by atoms with Gasteiger partial charge in [0, 0.05) is 11.5 Å². The first-order chi connectivity index (χ1) is 12.6. The fourth-order valence-electron chi connectivity index (χ4n) is 3.21. The molecule has 0 aliphatic heterocycles. The van der Waals surface area contributed by atoms with Crippen molar-refractivity contribution in [2.75, 3.05) is 7.11 Å². The van der Waals surface area contributed by atoms with Crippen LogP contribution in [0.15, 0.2) is 24.3 Å². The second-order valence-electron chi connectivity index (χ2n) is 6.45. The molecule has 3 rings (SSSR count). The number of hydrogen-bond donors (Lipinski definition) is 3. The number of ether oxygens (including phenoxy) is 1. The predicted molar refractivity (Wildman–Crippen MR) is 93.3 cm³/mol. The Hall–Kier alpha value is -2.90. The lowest BCUT2D eigenvalue weighted by Gasteiger charge is -2.25. The van der Waals surface area contributed by atoms with E-state index in [0.717, 1.165) is 24.2 Å². The third-order valence-corrected chi connectivity index (χ3v) is 4.70. The zero-order valence-corrected chi connectivity index (χ0v) is 14.6. The molecule has 1 heterocycles. The SMILES string of the molecule is COc1ccc(-c2n[nH]c(CNC(=O)C3CCCC(C(=O)O)C3)n2)cc1. The highest BCUT2D eigenvalue weighted by molar-refractivity contribution is 5.80. The van der Waals surface area contributed by atoms with E-state index in [-0.39, 0.29) is 18.4 Å². The summed E-state index contributed by atoms with van der Waals surface area (Å²) in [5.74, 6) is 0.222. The molecule has 2 atom stereocenters. The van der Waals surface area contributed by atoms with E-state index in [2.05, 4.69) is 20.5 Å². The normalized spacial score (nSPS) is 19.7. The average Bonchev–Trinajstić information content (AvgIpc) is 3.15. The molecule has 2 aromatic rings. The summed E-state index contributed by atoms with van der Waals surface area (Å²) in [5, 5.41) is 18.9. The third kappa shape index (κ3) is 4.19. The van der Waals surface area contributed by atoms with Crippen molar-refractivity contribution in [1.29, 1.82) is 0 Å². The van der Waals surface area contributed by atoms with Crippen LogP contribution in [0, 0.1) is 11.8 Å². The van der Waals surface area contributed by atoms with Gasteiger partial charge in [0.25, 0.3) is 0 Å². The standard InChI is InChI=1S/C18H22N4O4/c1-26-14-7-5-11(6-8-14)16-20-15(21-22-16)10-19-17(23)12-3-2-4-13(9-12)18(24)25/h5-8,12-13H,2-4,9-10H2,1H3,(H,19,23)(H,24,25)(H,20,21,22). The molecule has 0 saturated heterocycles. The maximum atomic E-state index is 12.3. The number of aromatic nitrogens is 3. The Morgan fingerprint density at radius 3 is 2.69 bits per heavy atom. The number of aromatic amines is 1. The van der Waals surface area contributed by atoms with Gasteiger partial charge in [0.2, 0.25) is 5.91 Å². The van der Waals surface area contributed by atoms with Gasteiger partial charge in [-0.15, -0.1) is 0 Å². The molecule has 8 nitrogen and oxygen atoms in total. The summed E-state index contributed by atoms with van der Waals surface area (Å²) in [6.45, 7) is 0.232. The van der Waals surface area contributed by atoms with Crippen molar-refractivity contribution in [2.45, 2.75) is 32.2 Å². The van der Waals surface area contributed by atoms with Crippen LogP contribution < -0.4 is 10.1 Å². The first-order valence-electron chi connectivity index (χ1n) is 8.63.